The van der Waals surface area contributed by atoms with Gasteiger partial charge >= 0.3 is 0 Å². The van der Waals surface area contributed by atoms with Crippen molar-refractivity contribution in [3.8, 4) is 11.5 Å². The Morgan fingerprint density at radius 3 is 2.24 bits per heavy atom. The molecule has 0 amide bonds. The molecule has 0 saturated carbocycles. The number of piperidine rings is 1. The number of aromatic hydroxyl groups is 1. The second kappa shape index (κ2) is 11.0. The van der Waals surface area contributed by atoms with Crippen molar-refractivity contribution in [3.05, 3.63) is 96.1 Å². The highest BCUT2D eigenvalue weighted by molar-refractivity contribution is 5.52. The molecular formula is C29H34N2O2. The fourth-order valence-electron chi connectivity index (χ4n) is 4.32. The molecule has 4 nitrogen and oxygen atoms in total. The van der Waals surface area contributed by atoms with Crippen molar-refractivity contribution in [3.63, 3.8) is 0 Å². The molecule has 0 aromatic heterocycles. The molecule has 3 aromatic rings. The van der Waals surface area contributed by atoms with Crippen LogP contribution in [0.3, 0.4) is 0 Å². The number of rotatable bonds is 8. The van der Waals surface area contributed by atoms with Crippen LogP contribution in [0.2, 0.25) is 0 Å². The first kappa shape index (κ1) is 22.8. The number of ether oxygens (including phenoxy) is 1. The van der Waals surface area contributed by atoms with Gasteiger partial charge in [0.05, 0.1) is 0 Å². The largest absolute Gasteiger partial charge is 0.508 e. The fourth-order valence-corrected chi connectivity index (χ4v) is 4.32. The van der Waals surface area contributed by atoms with E-state index in [1.165, 1.54) is 22.5 Å². The van der Waals surface area contributed by atoms with Crippen LogP contribution in [0.5, 0.6) is 11.5 Å². The van der Waals surface area contributed by atoms with Crippen LogP contribution in [0.1, 0.15) is 32.3 Å². The highest BCUT2D eigenvalue weighted by Crippen LogP contribution is 2.29. The summed E-state index contributed by atoms with van der Waals surface area (Å²) in [6.45, 7) is 7.84. The van der Waals surface area contributed by atoms with Crippen LogP contribution in [-0.4, -0.2) is 30.8 Å². The fraction of sp³-hybridized carbons (Fsp3) is 0.310. The SMILES string of the molecule is CC(C)=CCN(c1ccc(OCc2ccccc2)cc1)C1CCN(c2ccc(O)cc2)CC1. The lowest BCUT2D eigenvalue weighted by atomic mass is 10.0. The maximum atomic E-state index is 9.57. The predicted molar refractivity (Wildman–Crippen MR) is 137 cm³/mol. The summed E-state index contributed by atoms with van der Waals surface area (Å²) < 4.78 is 5.99. The number of hydrogen-bond donors (Lipinski definition) is 1. The Morgan fingerprint density at radius 1 is 0.939 bits per heavy atom. The normalized spacial score (nSPS) is 14.1. The summed E-state index contributed by atoms with van der Waals surface area (Å²) in [5, 5.41) is 9.57. The second-order valence-electron chi connectivity index (χ2n) is 8.94. The first-order valence-corrected chi connectivity index (χ1v) is 11.8. The molecular weight excluding hydrogens is 408 g/mol. The van der Waals surface area contributed by atoms with Gasteiger partial charge in [0.1, 0.15) is 18.1 Å². The van der Waals surface area contributed by atoms with Crippen LogP contribution in [0, 0.1) is 0 Å². The molecule has 1 fully saturated rings. The molecule has 1 heterocycles. The maximum Gasteiger partial charge on any atom is 0.119 e. The summed E-state index contributed by atoms with van der Waals surface area (Å²) in [7, 11) is 0. The summed E-state index contributed by atoms with van der Waals surface area (Å²) in [5.74, 6) is 1.21. The van der Waals surface area contributed by atoms with Gasteiger partial charge in [-0.25, -0.2) is 0 Å². The van der Waals surface area contributed by atoms with Crippen LogP contribution in [-0.2, 0) is 6.61 Å². The first-order valence-electron chi connectivity index (χ1n) is 11.8. The Labute approximate surface area is 197 Å². The van der Waals surface area contributed by atoms with Gasteiger partial charge < -0.3 is 19.6 Å². The summed E-state index contributed by atoms with van der Waals surface area (Å²) in [6, 6.07) is 26.8. The van der Waals surface area contributed by atoms with E-state index in [9.17, 15) is 5.11 Å². The van der Waals surface area contributed by atoms with Gasteiger partial charge in [-0.3, -0.25) is 0 Å². The second-order valence-corrected chi connectivity index (χ2v) is 8.94. The van der Waals surface area contributed by atoms with E-state index in [2.05, 4.69) is 66.1 Å². The van der Waals surface area contributed by atoms with Crippen molar-refractivity contribution in [1.82, 2.24) is 0 Å². The summed E-state index contributed by atoms with van der Waals surface area (Å²) in [6.07, 6.45) is 4.51. The first-order chi connectivity index (χ1) is 16.1. The lowest BCUT2D eigenvalue weighted by molar-refractivity contribution is 0.306. The highest BCUT2D eigenvalue weighted by Gasteiger charge is 2.24. The van der Waals surface area contributed by atoms with E-state index in [0.29, 0.717) is 18.4 Å². The zero-order chi connectivity index (χ0) is 23.0. The highest BCUT2D eigenvalue weighted by atomic mass is 16.5. The van der Waals surface area contributed by atoms with E-state index in [1.54, 1.807) is 12.1 Å². The van der Waals surface area contributed by atoms with Crippen molar-refractivity contribution in [2.24, 2.45) is 0 Å². The van der Waals surface area contributed by atoms with Gasteiger partial charge in [0.2, 0.25) is 0 Å². The van der Waals surface area contributed by atoms with Crippen molar-refractivity contribution in [2.75, 3.05) is 29.4 Å². The number of nitrogens with zero attached hydrogens (tertiary/aromatic N) is 2. The Kier molecular flexibility index (Phi) is 7.56. The van der Waals surface area contributed by atoms with Gasteiger partial charge in [-0.2, -0.15) is 0 Å². The lowest BCUT2D eigenvalue weighted by Crippen LogP contribution is -2.45. The van der Waals surface area contributed by atoms with Crippen molar-refractivity contribution >= 4 is 11.4 Å². The zero-order valence-electron chi connectivity index (χ0n) is 19.7. The van der Waals surface area contributed by atoms with Gasteiger partial charge in [-0.1, -0.05) is 42.0 Å². The molecule has 3 aromatic carbocycles. The average molecular weight is 443 g/mol. The van der Waals surface area contributed by atoms with Crippen LogP contribution in [0.25, 0.3) is 0 Å². The quantitative estimate of drug-likeness (QED) is 0.409. The molecule has 1 saturated heterocycles. The maximum absolute atomic E-state index is 9.57. The minimum atomic E-state index is 0.317. The topological polar surface area (TPSA) is 35.9 Å². The van der Waals surface area contributed by atoms with Gasteiger partial charge in [-0.15, -0.1) is 0 Å². The molecule has 33 heavy (non-hydrogen) atoms. The predicted octanol–water partition coefficient (Wildman–Crippen LogP) is 6.41. The third-order valence-corrected chi connectivity index (χ3v) is 6.23. The zero-order valence-corrected chi connectivity index (χ0v) is 19.7. The van der Waals surface area contributed by atoms with E-state index < -0.39 is 0 Å². The van der Waals surface area contributed by atoms with Crippen molar-refractivity contribution in [2.45, 2.75) is 39.3 Å². The van der Waals surface area contributed by atoms with E-state index in [4.69, 9.17) is 4.74 Å². The third-order valence-electron chi connectivity index (χ3n) is 6.23. The van der Waals surface area contributed by atoms with Crippen molar-refractivity contribution < 1.29 is 9.84 Å². The molecule has 0 unspecified atom stereocenters. The number of benzene rings is 3. The van der Waals surface area contributed by atoms with Crippen LogP contribution in [0.15, 0.2) is 90.5 Å². The summed E-state index contributed by atoms with van der Waals surface area (Å²) >= 11 is 0. The third kappa shape index (κ3) is 6.32. The molecule has 0 bridgehead atoms. The van der Waals surface area contributed by atoms with E-state index in [1.807, 2.05) is 30.3 Å². The molecule has 1 aliphatic heterocycles. The van der Waals surface area contributed by atoms with Gasteiger partial charge in [0.25, 0.3) is 0 Å². The smallest absolute Gasteiger partial charge is 0.119 e. The van der Waals surface area contributed by atoms with E-state index >= 15 is 0 Å². The lowest BCUT2D eigenvalue weighted by Gasteiger charge is -2.40. The Hall–Kier alpha value is -3.40. The van der Waals surface area contributed by atoms with Crippen LogP contribution >= 0.6 is 0 Å². The Bertz CT molecular complexity index is 1020. The van der Waals surface area contributed by atoms with Gasteiger partial charge in [0, 0.05) is 37.1 Å². The molecule has 1 aliphatic rings. The minimum absolute atomic E-state index is 0.317. The van der Waals surface area contributed by atoms with E-state index in [-0.39, 0.29) is 0 Å². The summed E-state index contributed by atoms with van der Waals surface area (Å²) in [5.41, 5.74) is 4.93. The molecule has 0 spiro atoms. The molecule has 1 N–H and O–H groups in total. The number of phenols is 1. The van der Waals surface area contributed by atoms with E-state index in [0.717, 1.165) is 38.2 Å². The number of allylic oxidation sites excluding steroid dienone is 1. The number of anilines is 2. The monoisotopic (exact) mass is 442 g/mol. The average Bonchev–Trinajstić information content (AvgIpc) is 2.85. The Balaban J connectivity index is 1.41. The number of phenolic OH excluding ortho intramolecular Hbond substituents is 1. The minimum Gasteiger partial charge on any atom is -0.508 e. The van der Waals surface area contributed by atoms with Gasteiger partial charge in [0.15, 0.2) is 0 Å². The molecule has 172 valence electrons. The molecule has 0 aliphatic carbocycles. The standard InChI is InChI=1S/C29H34N2O2/c1-23(2)16-21-31(27-17-19-30(20-18-27)25-8-12-28(32)13-9-25)26-10-14-29(15-11-26)33-22-24-6-4-3-5-7-24/h3-16,27,32H,17-22H2,1-2H3. The van der Waals surface area contributed by atoms with Crippen molar-refractivity contribution in [1.29, 1.82) is 0 Å². The van der Waals surface area contributed by atoms with Crippen LogP contribution in [0.4, 0.5) is 11.4 Å². The van der Waals surface area contributed by atoms with Crippen LogP contribution < -0.4 is 14.5 Å². The molecule has 4 heteroatoms. The molecule has 0 atom stereocenters. The number of hydrogen-bond acceptors (Lipinski definition) is 4. The molecule has 4 rings (SSSR count). The molecule has 0 radical (unpaired) electrons. The summed E-state index contributed by atoms with van der Waals surface area (Å²) in [4.78, 5) is 4.94. The Morgan fingerprint density at radius 2 is 1.61 bits per heavy atom. The van der Waals surface area contributed by atoms with Gasteiger partial charge in [-0.05, 0) is 80.8 Å².